The number of primary amides is 1. The normalized spacial score (nSPS) is 12.9. The number of nitrogens with two attached hydrogens (primary N) is 1. The van der Waals surface area contributed by atoms with E-state index in [4.69, 9.17) is 10.5 Å². The fourth-order valence-electron chi connectivity index (χ4n) is 2.63. The second-order valence-corrected chi connectivity index (χ2v) is 6.05. The summed E-state index contributed by atoms with van der Waals surface area (Å²) in [5, 5.41) is 6.18. The third-order valence-electron chi connectivity index (χ3n) is 4.21. The first kappa shape index (κ1) is 19.5. The zero-order chi connectivity index (χ0) is 19.1. The van der Waals surface area contributed by atoms with Gasteiger partial charge in [0.05, 0.1) is 13.2 Å². The molecule has 2 amide bonds. The molecule has 2 aromatic rings. The summed E-state index contributed by atoms with van der Waals surface area (Å²) in [5.74, 6) is 0.153. The van der Waals surface area contributed by atoms with Crippen molar-refractivity contribution >= 4 is 17.5 Å². The number of carbonyl (C=O) groups excluding carboxylic acids is 2. The summed E-state index contributed by atoms with van der Waals surface area (Å²) in [7, 11) is 1.63. The minimum atomic E-state index is -0.497. The van der Waals surface area contributed by atoms with Crippen molar-refractivity contribution < 1.29 is 14.3 Å². The van der Waals surface area contributed by atoms with Crippen molar-refractivity contribution in [1.29, 1.82) is 0 Å². The molecule has 0 aliphatic rings. The quantitative estimate of drug-likeness (QED) is 0.679. The minimum absolute atomic E-state index is 0.0545. The fourth-order valence-corrected chi connectivity index (χ4v) is 2.63. The molecule has 2 atom stereocenters. The van der Waals surface area contributed by atoms with Gasteiger partial charge in [0, 0.05) is 17.3 Å². The maximum absolute atomic E-state index is 12.4. The summed E-state index contributed by atoms with van der Waals surface area (Å²) in [6, 6.07) is 14.0. The van der Waals surface area contributed by atoms with Crippen LogP contribution >= 0.6 is 0 Å². The zero-order valence-electron chi connectivity index (χ0n) is 15.3. The molecular weight excluding hydrogens is 330 g/mol. The van der Waals surface area contributed by atoms with Gasteiger partial charge in [0.2, 0.25) is 11.8 Å². The summed E-state index contributed by atoms with van der Waals surface area (Å²) in [6.07, 6.45) is 0.845. The maximum atomic E-state index is 12.4. The van der Waals surface area contributed by atoms with Crippen molar-refractivity contribution in [2.24, 2.45) is 5.73 Å². The highest BCUT2D eigenvalue weighted by molar-refractivity contribution is 5.96. The molecule has 0 radical (unpaired) electrons. The highest BCUT2D eigenvalue weighted by atomic mass is 16.5. The van der Waals surface area contributed by atoms with Gasteiger partial charge < -0.3 is 15.8 Å². The minimum Gasteiger partial charge on any atom is -0.497 e. The first-order valence-electron chi connectivity index (χ1n) is 8.55. The van der Waals surface area contributed by atoms with Gasteiger partial charge in [-0.25, -0.2) is 0 Å². The molecule has 138 valence electrons. The molecule has 6 nitrogen and oxygen atoms in total. The van der Waals surface area contributed by atoms with Crippen molar-refractivity contribution in [2.75, 3.05) is 12.4 Å². The van der Waals surface area contributed by atoms with Crippen molar-refractivity contribution in [3.63, 3.8) is 0 Å². The van der Waals surface area contributed by atoms with E-state index in [0.717, 1.165) is 17.7 Å². The van der Waals surface area contributed by atoms with Gasteiger partial charge in [0.15, 0.2) is 0 Å². The molecule has 0 heterocycles. The summed E-state index contributed by atoms with van der Waals surface area (Å²) in [5.41, 5.74) is 7.33. The van der Waals surface area contributed by atoms with Crippen LogP contribution in [-0.4, -0.2) is 25.0 Å². The molecule has 0 saturated heterocycles. The van der Waals surface area contributed by atoms with E-state index in [-0.39, 0.29) is 11.9 Å². The average Bonchev–Trinajstić information content (AvgIpc) is 2.66. The van der Waals surface area contributed by atoms with Crippen LogP contribution < -0.4 is 21.1 Å². The molecule has 26 heavy (non-hydrogen) atoms. The number of hydrogen-bond donors (Lipinski definition) is 3. The Morgan fingerprint density at radius 3 is 2.19 bits per heavy atom. The van der Waals surface area contributed by atoms with E-state index in [9.17, 15) is 9.59 Å². The zero-order valence-corrected chi connectivity index (χ0v) is 15.3. The molecule has 0 aromatic heterocycles. The van der Waals surface area contributed by atoms with Crippen molar-refractivity contribution in [1.82, 2.24) is 5.32 Å². The number of rotatable bonds is 8. The van der Waals surface area contributed by atoms with Gasteiger partial charge in [-0.05, 0) is 55.3 Å². The number of nitrogens with one attached hydrogen (secondary N) is 2. The molecule has 0 fully saturated rings. The molecular formula is C20H25N3O3. The highest BCUT2D eigenvalue weighted by Crippen LogP contribution is 2.21. The van der Waals surface area contributed by atoms with Crippen LogP contribution in [0, 0.1) is 0 Å². The van der Waals surface area contributed by atoms with E-state index in [1.54, 1.807) is 31.4 Å². The number of carbonyl (C=O) groups is 2. The largest absolute Gasteiger partial charge is 0.497 e. The van der Waals surface area contributed by atoms with Gasteiger partial charge in [-0.1, -0.05) is 19.1 Å². The Kier molecular flexibility index (Phi) is 6.74. The number of anilines is 1. The standard InChI is InChI=1S/C20H25N3O3/c1-4-18(14-7-11-17(26-3)12-8-14)22-13(2)20(25)23-16-9-5-15(6-10-16)19(21)24/h5-13,18,22H,4H2,1-3H3,(H2,21,24)(H,23,25)/t13-,18+/m1/s1. The van der Waals surface area contributed by atoms with E-state index >= 15 is 0 Å². The van der Waals surface area contributed by atoms with Gasteiger partial charge >= 0.3 is 0 Å². The molecule has 2 rings (SSSR count). The lowest BCUT2D eigenvalue weighted by molar-refractivity contribution is -0.118. The smallest absolute Gasteiger partial charge is 0.248 e. The predicted molar refractivity (Wildman–Crippen MR) is 102 cm³/mol. The monoisotopic (exact) mass is 355 g/mol. The van der Waals surface area contributed by atoms with Crippen LogP contribution in [0.25, 0.3) is 0 Å². The lowest BCUT2D eigenvalue weighted by atomic mass is 10.0. The van der Waals surface area contributed by atoms with Crippen LogP contribution in [0.15, 0.2) is 48.5 Å². The Morgan fingerprint density at radius 1 is 1.08 bits per heavy atom. The van der Waals surface area contributed by atoms with Crippen molar-refractivity contribution in [3.05, 3.63) is 59.7 Å². The van der Waals surface area contributed by atoms with Gasteiger partial charge in [-0.3, -0.25) is 14.9 Å². The molecule has 4 N–H and O–H groups in total. The Bertz CT molecular complexity index is 742. The molecule has 2 aromatic carbocycles. The fraction of sp³-hybridized carbons (Fsp3) is 0.300. The van der Waals surface area contributed by atoms with Gasteiger partial charge in [0.25, 0.3) is 0 Å². The van der Waals surface area contributed by atoms with E-state index in [0.29, 0.717) is 11.3 Å². The van der Waals surface area contributed by atoms with E-state index < -0.39 is 11.9 Å². The molecule has 0 unspecified atom stereocenters. The summed E-state index contributed by atoms with van der Waals surface area (Å²) < 4.78 is 5.18. The molecule has 0 bridgehead atoms. The van der Waals surface area contributed by atoms with Crippen molar-refractivity contribution in [2.45, 2.75) is 32.4 Å². The van der Waals surface area contributed by atoms with Crippen molar-refractivity contribution in [3.8, 4) is 5.75 Å². The second kappa shape index (κ2) is 9.01. The maximum Gasteiger partial charge on any atom is 0.248 e. The van der Waals surface area contributed by atoms with Crippen LogP contribution in [0.5, 0.6) is 5.75 Å². The predicted octanol–water partition coefficient (Wildman–Crippen LogP) is 2.86. The third-order valence-corrected chi connectivity index (χ3v) is 4.21. The Hall–Kier alpha value is -2.86. The first-order chi connectivity index (χ1) is 12.4. The number of benzene rings is 2. The molecule has 0 aliphatic carbocycles. The summed E-state index contributed by atoms with van der Waals surface area (Å²) in [4.78, 5) is 23.5. The summed E-state index contributed by atoms with van der Waals surface area (Å²) >= 11 is 0. The van der Waals surface area contributed by atoms with Crippen LogP contribution in [0.2, 0.25) is 0 Å². The molecule has 0 aliphatic heterocycles. The molecule has 0 saturated carbocycles. The number of hydrogen-bond acceptors (Lipinski definition) is 4. The van der Waals surface area contributed by atoms with Crippen LogP contribution in [0.1, 0.15) is 42.2 Å². The van der Waals surface area contributed by atoms with Gasteiger partial charge in [-0.2, -0.15) is 0 Å². The van der Waals surface area contributed by atoms with E-state index in [1.165, 1.54) is 0 Å². The number of ether oxygens (including phenoxy) is 1. The van der Waals surface area contributed by atoms with E-state index in [1.807, 2.05) is 31.2 Å². The first-order valence-corrected chi connectivity index (χ1v) is 8.55. The Morgan fingerprint density at radius 2 is 1.69 bits per heavy atom. The lowest BCUT2D eigenvalue weighted by Gasteiger charge is -2.22. The second-order valence-electron chi connectivity index (χ2n) is 6.05. The third kappa shape index (κ3) is 5.07. The van der Waals surface area contributed by atoms with E-state index in [2.05, 4.69) is 17.6 Å². The molecule has 6 heteroatoms. The highest BCUT2D eigenvalue weighted by Gasteiger charge is 2.18. The lowest BCUT2D eigenvalue weighted by Crippen LogP contribution is -2.40. The van der Waals surface area contributed by atoms with Crippen LogP contribution in [-0.2, 0) is 4.79 Å². The molecule has 0 spiro atoms. The average molecular weight is 355 g/mol. The topological polar surface area (TPSA) is 93.5 Å². The Balaban J connectivity index is 1.98. The van der Waals surface area contributed by atoms with Gasteiger partial charge in [0.1, 0.15) is 5.75 Å². The number of amides is 2. The van der Waals surface area contributed by atoms with Gasteiger partial charge in [-0.15, -0.1) is 0 Å². The van der Waals surface area contributed by atoms with Crippen LogP contribution in [0.4, 0.5) is 5.69 Å². The Labute approximate surface area is 153 Å². The summed E-state index contributed by atoms with van der Waals surface area (Å²) in [6.45, 7) is 3.88. The van der Waals surface area contributed by atoms with Crippen LogP contribution in [0.3, 0.4) is 0 Å². The number of methoxy groups -OCH3 is 1. The SMILES string of the molecule is CC[C@H](N[C@H](C)C(=O)Nc1ccc(C(N)=O)cc1)c1ccc(OC)cc1.